The fraction of sp³-hybridized carbons (Fsp3) is 0.750. The number of hydrogen-bond acceptors (Lipinski definition) is 6. The molecule has 0 unspecified atom stereocenters. The van der Waals surface area contributed by atoms with Crippen molar-refractivity contribution in [3.63, 3.8) is 0 Å². The van der Waals surface area contributed by atoms with E-state index in [9.17, 15) is 13.2 Å². The molecule has 1 amide bonds. The van der Waals surface area contributed by atoms with Gasteiger partial charge in [-0.2, -0.15) is 0 Å². The molecule has 28 heavy (non-hydrogen) atoms. The minimum absolute atomic E-state index is 0.00829. The van der Waals surface area contributed by atoms with Gasteiger partial charge in [0.2, 0.25) is 11.9 Å². The van der Waals surface area contributed by atoms with Crippen molar-refractivity contribution in [2.45, 2.75) is 55.9 Å². The van der Waals surface area contributed by atoms with Gasteiger partial charge in [-0.05, 0) is 31.6 Å². The molecule has 0 N–H and O–H groups in total. The van der Waals surface area contributed by atoms with Crippen LogP contribution in [0, 0.1) is 11.8 Å². The Bertz CT molecular complexity index is 899. The SMILES string of the molecule is C[C@H]1CCCN(c2ncc3c(n2)[C@H]2CN(C(=O)C4CCC4)C[C@H]2S(=O)(=O)C3)C1. The van der Waals surface area contributed by atoms with Gasteiger partial charge in [0.15, 0.2) is 9.84 Å². The molecule has 0 spiro atoms. The molecule has 1 aromatic rings. The number of sulfone groups is 1. The van der Waals surface area contributed by atoms with E-state index in [2.05, 4.69) is 16.8 Å². The number of hydrogen-bond donors (Lipinski definition) is 0. The smallest absolute Gasteiger partial charge is 0.225 e. The number of carbonyl (C=O) groups excluding carboxylic acids is 1. The molecule has 0 bridgehead atoms. The van der Waals surface area contributed by atoms with Crippen molar-refractivity contribution in [1.82, 2.24) is 14.9 Å². The second-order valence-corrected chi connectivity index (χ2v) is 11.3. The molecule has 3 aliphatic heterocycles. The van der Waals surface area contributed by atoms with Crippen LogP contribution in [-0.2, 0) is 20.4 Å². The van der Waals surface area contributed by atoms with E-state index in [1.54, 1.807) is 11.1 Å². The van der Waals surface area contributed by atoms with Gasteiger partial charge in [-0.25, -0.2) is 18.4 Å². The summed E-state index contributed by atoms with van der Waals surface area (Å²) in [4.78, 5) is 26.1. The van der Waals surface area contributed by atoms with Crippen LogP contribution in [0.4, 0.5) is 5.95 Å². The van der Waals surface area contributed by atoms with Crippen molar-refractivity contribution in [3.8, 4) is 0 Å². The largest absolute Gasteiger partial charge is 0.341 e. The van der Waals surface area contributed by atoms with E-state index in [1.165, 1.54) is 6.42 Å². The lowest BCUT2D eigenvalue weighted by Gasteiger charge is -2.32. The van der Waals surface area contributed by atoms with Gasteiger partial charge in [-0.3, -0.25) is 4.79 Å². The van der Waals surface area contributed by atoms with E-state index >= 15 is 0 Å². The molecule has 0 aromatic carbocycles. The highest BCUT2D eigenvalue weighted by molar-refractivity contribution is 7.91. The van der Waals surface area contributed by atoms with Crippen molar-refractivity contribution in [1.29, 1.82) is 0 Å². The Kier molecular flexibility index (Phi) is 4.37. The maximum absolute atomic E-state index is 12.9. The van der Waals surface area contributed by atoms with Gasteiger partial charge in [-0.15, -0.1) is 0 Å². The average Bonchev–Trinajstić information content (AvgIpc) is 3.07. The number of aromatic nitrogens is 2. The van der Waals surface area contributed by atoms with E-state index in [0.717, 1.165) is 44.5 Å². The summed E-state index contributed by atoms with van der Waals surface area (Å²) in [5.74, 6) is 1.33. The number of nitrogens with zero attached hydrogens (tertiary/aromatic N) is 4. The Morgan fingerprint density at radius 1 is 1.14 bits per heavy atom. The molecule has 3 atom stereocenters. The maximum Gasteiger partial charge on any atom is 0.225 e. The number of rotatable bonds is 2. The first-order valence-corrected chi connectivity index (χ1v) is 12.2. The van der Waals surface area contributed by atoms with Gasteiger partial charge in [0, 0.05) is 49.8 Å². The van der Waals surface area contributed by atoms with E-state index in [-0.39, 0.29) is 23.5 Å². The zero-order valence-corrected chi connectivity index (χ0v) is 17.2. The Morgan fingerprint density at radius 2 is 1.96 bits per heavy atom. The Labute approximate surface area is 166 Å². The van der Waals surface area contributed by atoms with Crippen LogP contribution in [0.15, 0.2) is 6.20 Å². The molecule has 2 saturated heterocycles. The van der Waals surface area contributed by atoms with Crippen molar-refractivity contribution in [2.75, 3.05) is 31.1 Å². The van der Waals surface area contributed by atoms with Gasteiger partial charge in [0.05, 0.1) is 16.7 Å². The standard InChI is InChI=1S/C20H28N4O3S/c1-13-4-3-7-23(9-13)20-21-8-15-12-28(26,27)17-11-24(10-16(17)18(15)22-20)19(25)14-5-2-6-14/h8,13-14,16-17H,2-7,9-12H2,1H3/t13-,16-,17+/m0/s1. The first kappa shape index (κ1) is 18.3. The third-order valence-electron chi connectivity index (χ3n) is 7.03. The van der Waals surface area contributed by atoms with Crippen LogP contribution in [0.2, 0.25) is 0 Å². The summed E-state index contributed by atoms with van der Waals surface area (Å²) >= 11 is 0. The van der Waals surface area contributed by atoms with E-state index in [4.69, 9.17) is 4.98 Å². The van der Waals surface area contributed by atoms with Crippen LogP contribution in [-0.4, -0.2) is 60.6 Å². The highest BCUT2D eigenvalue weighted by Crippen LogP contribution is 2.41. The Hall–Kier alpha value is -1.70. The van der Waals surface area contributed by atoms with Crippen LogP contribution >= 0.6 is 0 Å². The number of amides is 1. The molecule has 152 valence electrons. The van der Waals surface area contributed by atoms with Crippen molar-refractivity contribution < 1.29 is 13.2 Å². The number of fused-ring (bicyclic) bond motifs is 3. The topological polar surface area (TPSA) is 83.5 Å². The predicted octanol–water partition coefficient (Wildman–Crippen LogP) is 1.74. The highest BCUT2D eigenvalue weighted by Gasteiger charge is 2.49. The molecule has 4 aliphatic rings. The van der Waals surface area contributed by atoms with Gasteiger partial charge in [0.25, 0.3) is 0 Å². The fourth-order valence-corrected chi connectivity index (χ4v) is 7.18. The fourth-order valence-electron chi connectivity index (χ4n) is 5.18. The van der Waals surface area contributed by atoms with Crippen LogP contribution < -0.4 is 4.90 Å². The molecule has 1 aliphatic carbocycles. The minimum atomic E-state index is -3.29. The zero-order chi connectivity index (χ0) is 19.5. The van der Waals surface area contributed by atoms with E-state index in [0.29, 0.717) is 30.5 Å². The summed E-state index contributed by atoms with van der Waals surface area (Å²) in [5, 5.41) is -0.521. The lowest BCUT2D eigenvalue weighted by atomic mass is 9.84. The van der Waals surface area contributed by atoms with E-state index < -0.39 is 15.1 Å². The summed E-state index contributed by atoms with van der Waals surface area (Å²) in [5.41, 5.74) is 1.57. The van der Waals surface area contributed by atoms with Crippen molar-refractivity contribution in [3.05, 3.63) is 17.5 Å². The molecule has 3 fully saturated rings. The van der Waals surface area contributed by atoms with Crippen LogP contribution in [0.25, 0.3) is 0 Å². The first-order valence-electron chi connectivity index (χ1n) is 10.5. The number of likely N-dealkylation sites (tertiary alicyclic amines) is 1. The number of carbonyl (C=O) groups is 1. The van der Waals surface area contributed by atoms with Gasteiger partial charge in [-0.1, -0.05) is 13.3 Å². The second kappa shape index (κ2) is 6.68. The number of piperidine rings is 1. The normalized spacial score (nSPS) is 31.8. The molecular formula is C20H28N4O3S. The molecule has 1 aromatic heterocycles. The Balaban J connectivity index is 1.46. The summed E-state index contributed by atoms with van der Waals surface area (Å²) < 4.78 is 25.7. The zero-order valence-electron chi connectivity index (χ0n) is 16.4. The molecule has 7 nitrogen and oxygen atoms in total. The van der Waals surface area contributed by atoms with Gasteiger partial charge < -0.3 is 9.80 Å². The lowest BCUT2D eigenvalue weighted by molar-refractivity contribution is -0.137. The van der Waals surface area contributed by atoms with Crippen molar-refractivity contribution in [2.24, 2.45) is 11.8 Å². The van der Waals surface area contributed by atoms with Gasteiger partial charge in [0.1, 0.15) is 0 Å². The quantitative estimate of drug-likeness (QED) is 0.747. The van der Waals surface area contributed by atoms with E-state index in [1.807, 2.05) is 0 Å². The van der Waals surface area contributed by atoms with Gasteiger partial charge >= 0.3 is 0 Å². The lowest BCUT2D eigenvalue weighted by Crippen LogP contribution is -2.39. The minimum Gasteiger partial charge on any atom is -0.341 e. The monoisotopic (exact) mass is 404 g/mol. The molecular weight excluding hydrogens is 376 g/mol. The van der Waals surface area contributed by atoms with Crippen LogP contribution in [0.1, 0.15) is 56.2 Å². The van der Waals surface area contributed by atoms with Crippen molar-refractivity contribution >= 4 is 21.7 Å². The highest BCUT2D eigenvalue weighted by atomic mass is 32.2. The molecule has 8 heteroatoms. The Morgan fingerprint density at radius 3 is 2.68 bits per heavy atom. The molecule has 0 radical (unpaired) electrons. The number of anilines is 1. The third-order valence-corrected chi connectivity index (χ3v) is 9.14. The summed E-state index contributed by atoms with van der Waals surface area (Å²) in [6, 6.07) is 0. The molecule has 4 heterocycles. The summed E-state index contributed by atoms with van der Waals surface area (Å²) in [7, 11) is -3.29. The van der Waals surface area contributed by atoms with Crippen LogP contribution in [0.5, 0.6) is 0 Å². The second-order valence-electron chi connectivity index (χ2n) is 9.10. The van der Waals surface area contributed by atoms with Crippen LogP contribution in [0.3, 0.4) is 0 Å². The molecule has 1 saturated carbocycles. The average molecular weight is 405 g/mol. The predicted molar refractivity (Wildman–Crippen MR) is 106 cm³/mol. The molecule has 5 rings (SSSR count). The maximum atomic E-state index is 12.9. The summed E-state index contributed by atoms with van der Waals surface area (Å²) in [6.07, 6.45) is 7.04. The third kappa shape index (κ3) is 3.00. The summed E-state index contributed by atoms with van der Waals surface area (Å²) in [6.45, 7) is 4.92. The first-order chi connectivity index (χ1) is 13.4.